The van der Waals surface area contributed by atoms with Gasteiger partial charge in [-0.15, -0.1) is 0 Å². The number of carbonyl (C=O) groups excluding carboxylic acids is 1. The molecule has 5 heteroatoms. The molecule has 5 nitrogen and oxygen atoms in total. The van der Waals surface area contributed by atoms with Crippen LogP contribution in [0.4, 0.5) is 0 Å². The lowest BCUT2D eigenvalue weighted by atomic mass is 10.1. The average Bonchev–Trinajstić information content (AvgIpc) is 2.56. The maximum absolute atomic E-state index is 11.6. The SMILES string of the molecule is CCOC(=O)C(N)Cc1ccc(O)c(OCc2ccccc2)c1. The molecule has 23 heavy (non-hydrogen) atoms. The van der Waals surface area contributed by atoms with Crippen molar-refractivity contribution < 1.29 is 19.4 Å². The molecule has 0 aliphatic rings. The zero-order chi connectivity index (χ0) is 16.7. The smallest absolute Gasteiger partial charge is 0.323 e. The second kappa shape index (κ2) is 8.19. The van der Waals surface area contributed by atoms with E-state index in [0.29, 0.717) is 25.4 Å². The van der Waals surface area contributed by atoms with E-state index in [1.165, 1.54) is 6.07 Å². The van der Waals surface area contributed by atoms with Gasteiger partial charge in [0.15, 0.2) is 11.5 Å². The fraction of sp³-hybridized carbons (Fsp3) is 0.278. The molecule has 0 saturated carbocycles. The third kappa shape index (κ3) is 5.00. The fourth-order valence-corrected chi connectivity index (χ4v) is 2.12. The zero-order valence-corrected chi connectivity index (χ0v) is 13.1. The maximum Gasteiger partial charge on any atom is 0.323 e. The van der Waals surface area contributed by atoms with E-state index in [1.54, 1.807) is 19.1 Å². The second-order valence-corrected chi connectivity index (χ2v) is 5.14. The highest BCUT2D eigenvalue weighted by Gasteiger charge is 2.16. The van der Waals surface area contributed by atoms with Gasteiger partial charge in [-0.3, -0.25) is 4.79 Å². The normalized spacial score (nSPS) is 11.7. The van der Waals surface area contributed by atoms with Crippen LogP contribution in [0.1, 0.15) is 18.1 Å². The summed E-state index contributed by atoms with van der Waals surface area (Å²) >= 11 is 0. The molecule has 0 heterocycles. The molecule has 0 aromatic heterocycles. The summed E-state index contributed by atoms with van der Waals surface area (Å²) in [4.78, 5) is 11.6. The summed E-state index contributed by atoms with van der Waals surface area (Å²) in [6, 6.07) is 13.9. The lowest BCUT2D eigenvalue weighted by Gasteiger charge is -2.13. The van der Waals surface area contributed by atoms with Gasteiger partial charge < -0.3 is 20.3 Å². The Morgan fingerprint density at radius 2 is 1.91 bits per heavy atom. The van der Waals surface area contributed by atoms with Gasteiger partial charge in [-0.25, -0.2) is 0 Å². The van der Waals surface area contributed by atoms with E-state index >= 15 is 0 Å². The van der Waals surface area contributed by atoms with Crippen molar-refractivity contribution in [3.8, 4) is 11.5 Å². The van der Waals surface area contributed by atoms with E-state index in [0.717, 1.165) is 11.1 Å². The number of benzene rings is 2. The molecule has 0 spiro atoms. The molecule has 0 saturated heterocycles. The van der Waals surface area contributed by atoms with Crippen molar-refractivity contribution in [1.82, 2.24) is 0 Å². The highest BCUT2D eigenvalue weighted by atomic mass is 16.5. The summed E-state index contributed by atoms with van der Waals surface area (Å²) in [5.41, 5.74) is 7.61. The average molecular weight is 315 g/mol. The van der Waals surface area contributed by atoms with Crippen molar-refractivity contribution in [3.63, 3.8) is 0 Å². The molecule has 0 bridgehead atoms. The molecule has 0 aliphatic heterocycles. The van der Waals surface area contributed by atoms with Gasteiger partial charge in [0.25, 0.3) is 0 Å². The molecule has 122 valence electrons. The number of ether oxygens (including phenoxy) is 2. The number of phenols is 1. The van der Waals surface area contributed by atoms with Gasteiger partial charge in [0.2, 0.25) is 0 Å². The van der Waals surface area contributed by atoms with Crippen LogP contribution in [0.5, 0.6) is 11.5 Å². The first-order valence-electron chi connectivity index (χ1n) is 7.51. The Bertz CT molecular complexity index is 643. The van der Waals surface area contributed by atoms with Crippen molar-refractivity contribution in [1.29, 1.82) is 0 Å². The quantitative estimate of drug-likeness (QED) is 0.767. The summed E-state index contributed by atoms with van der Waals surface area (Å²) in [5.74, 6) is -0.0240. The van der Waals surface area contributed by atoms with Gasteiger partial charge in [0, 0.05) is 0 Å². The number of aromatic hydroxyl groups is 1. The van der Waals surface area contributed by atoms with E-state index in [2.05, 4.69) is 0 Å². The highest BCUT2D eigenvalue weighted by Crippen LogP contribution is 2.28. The van der Waals surface area contributed by atoms with Crippen LogP contribution < -0.4 is 10.5 Å². The van der Waals surface area contributed by atoms with E-state index in [-0.39, 0.29) is 5.75 Å². The predicted molar refractivity (Wildman–Crippen MR) is 87.2 cm³/mol. The molecule has 3 N–H and O–H groups in total. The van der Waals surface area contributed by atoms with Gasteiger partial charge in [-0.05, 0) is 36.6 Å². The lowest BCUT2D eigenvalue weighted by molar-refractivity contribution is -0.144. The number of rotatable bonds is 7. The van der Waals surface area contributed by atoms with E-state index in [9.17, 15) is 9.90 Å². The monoisotopic (exact) mass is 315 g/mol. The number of phenolic OH excluding ortho intramolecular Hbond substituents is 1. The zero-order valence-electron chi connectivity index (χ0n) is 13.1. The summed E-state index contributed by atoms with van der Waals surface area (Å²) in [6.07, 6.45) is 0.320. The highest BCUT2D eigenvalue weighted by molar-refractivity contribution is 5.75. The van der Waals surface area contributed by atoms with Gasteiger partial charge in [0.05, 0.1) is 6.61 Å². The number of esters is 1. The molecule has 0 fully saturated rings. The summed E-state index contributed by atoms with van der Waals surface area (Å²) in [7, 11) is 0. The molecule has 0 radical (unpaired) electrons. The van der Waals surface area contributed by atoms with Crippen molar-refractivity contribution in [2.45, 2.75) is 26.0 Å². The summed E-state index contributed by atoms with van der Waals surface area (Å²) in [5, 5.41) is 9.89. The van der Waals surface area contributed by atoms with Gasteiger partial charge in [-0.1, -0.05) is 36.4 Å². The molecule has 2 aromatic carbocycles. The van der Waals surface area contributed by atoms with Crippen LogP contribution in [-0.2, 0) is 22.6 Å². The predicted octanol–water partition coefficient (Wildman–Crippen LogP) is 2.40. The van der Waals surface area contributed by atoms with Crippen LogP contribution in [0.3, 0.4) is 0 Å². The molecular formula is C18H21NO4. The van der Waals surface area contributed by atoms with Crippen molar-refractivity contribution in [2.24, 2.45) is 5.73 Å². The Balaban J connectivity index is 2.02. The molecule has 2 aromatic rings. The summed E-state index contributed by atoms with van der Waals surface area (Å²) < 4.78 is 10.5. The van der Waals surface area contributed by atoms with E-state index in [4.69, 9.17) is 15.2 Å². The minimum absolute atomic E-state index is 0.0504. The lowest BCUT2D eigenvalue weighted by Crippen LogP contribution is -2.34. The topological polar surface area (TPSA) is 81.8 Å². The molecule has 2 rings (SSSR count). The van der Waals surface area contributed by atoms with Crippen molar-refractivity contribution >= 4 is 5.97 Å². The molecule has 0 amide bonds. The Kier molecular flexibility index (Phi) is 6.00. The first-order valence-corrected chi connectivity index (χ1v) is 7.51. The first kappa shape index (κ1) is 16.8. The number of hydrogen-bond donors (Lipinski definition) is 2. The van der Waals surface area contributed by atoms with Gasteiger partial charge in [-0.2, -0.15) is 0 Å². The van der Waals surface area contributed by atoms with Crippen LogP contribution in [0.25, 0.3) is 0 Å². The Morgan fingerprint density at radius 3 is 2.61 bits per heavy atom. The van der Waals surface area contributed by atoms with Gasteiger partial charge in [0.1, 0.15) is 12.6 Å². The van der Waals surface area contributed by atoms with E-state index < -0.39 is 12.0 Å². The molecule has 1 unspecified atom stereocenters. The first-order chi connectivity index (χ1) is 11.1. The largest absolute Gasteiger partial charge is 0.504 e. The van der Waals surface area contributed by atoms with Crippen molar-refractivity contribution in [2.75, 3.05) is 6.61 Å². The van der Waals surface area contributed by atoms with Gasteiger partial charge >= 0.3 is 5.97 Å². The minimum atomic E-state index is -0.735. The maximum atomic E-state index is 11.6. The van der Waals surface area contributed by atoms with E-state index in [1.807, 2.05) is 30.3 Å². The second-order valence-electron chi connectivity index (χ2n) is 5.14. The third-order valence-electron chi connectivity index (χ3n) is 3.31. The van der Waals surface area contributed by atoms with Crippen molar-refractivity contribution in [3.05, 3.63) is 59.7 Å². The third-order valence-corrected chi connectivity index (χ3v) is 3.31. The number of hydrogen-bond acceptors (Lipinski definition) is 5. The Hall–Kier alpha value is -2.53. The molecule has 0 aliphatic carbocycles. The van der Waals surface area contributed by atoms with Crippen LogP contribution in [-0.4, -0.2) is 23.7 Å². The minimum Gasteiger partial charge on any atom is -0.504 e. The van der Waals surface area contributed by atoms with Crippen LogP contribution in [0.15, 0.2) is 48.5 Å². The van der Waals surface area contributed by atoms with Crippen LogP contribution in [0, 0.1) is 0 Å². The van der Waals surface area contributed by atoms with Crippen LogP contribution >= 0.6 is 0 Å². The summed E-state index contributed by atoms with van der Waals surface area (Å²) in [6.45, 7) is 2.38. The molecule has 1 atom stereocenters. The number of carbonyl (C=O) groups is 1. The fourth-order valence-electron chi connectivity index (χ4n) is 2.12. The number of nitrogens with two attached hydrogens (primary N) is 1. The Morgan fingerprint density at radius 1 is 1.17 bits per heavy atom. The van der Waals surface area contributed by atoms with Crippen LogP contribution in [0.2, 0.25) is 0 Å². The Labute approximate surface area is 135 Å². The molecular weight excluding hydrogens is 294 g/mol. The standard InChI is InChI=1S/C18H21NO4/c1-2-22-18(21)15(19)10-14-8-9-16(20)17(11-14)23-12-13-6-4-3-5-7-13/h3-9,11,15,20H,2,10,12,19H2,1H3.